The molecule has 9 heteroatoms. The Hall–Kier alpha value is -1.48. The smallest absolute Gasteiger partial charge is 0.494 e. The predicted molar refractivity (Wildman–Crippen MR) is 173 cm³/mol. The van der Waals surface area contributed by atoms with Crippen LogP contribution in [0.1, 0.15) is 95.6 Å². The Kier molecular flexibility index (Phi) is 21.1. The van der Waals surface area contributed by atoms with Crippen molar-refractivity contribution in [2.75, 3.05) is 6.61 Å². The van der Waals surface area contributed by atoms with Crippen molar-refractivity contribution in [3.63, 3.8) is 0 Å². The molecule has 0 amide bonds. The zero-order valence-electron chi connectivity index (χ0n) is 26.4. The van der Waals surface area contributed by atoms with Gasteiger partial charge in [0, 0.05) is 16.7 Å². The number of alkyl halides is 1. The van der Waals surface area contributed by atoms with Crippen molar-refractivity contribution in [3.8, 4) is 17.0 Å². The number of sulfonamides is 1. The zero-order chi connectivity index (χ0) is 30.6. The molecule has 3 rings (SSSR count). The topological polar surface area (TPSA) is 70.4 Å². The molecule has 0 aliphatic heterocycles. The summed E-state index contributed by atoms with van der Waals surface area (Å²) in [7, 11) is -3.62. The van der Waals surface area contributed by atoms with Crippen molar-refractivity contribution < 1.29 is 47.1 Å². The molecule has 0 aliphatic rings. The molecule has 0 fully saturated rings. The molecule has 2 aromatic carbocycles. The van der Waals surface area contributed by atoms with Gasteiger partial charge in [-0.2, -0.15) is 0 Å². The van der Waals surface area contributed by atoms with E-state index in [0.29, 0.717) is 12.8 Å². The van der Waals surface area contributed by atoms with Gasteiger partial charge in [-0.15, -0.1) is 0 Å². The average molecular weight is 641 g/mol. The summed E-state index contributed by atoms with van der Waals surface area (Å²) < 4.78 is 44.7. The largest absolute Gasteiger partial charge is 1.00 e. The molecule has 0 saturated carbocycles. The molecule has 3 aromatic rings. The first-order chi connectivity index (χ1) is 20.3. The molecule has 0 aliphatic carbocycles. The fourth-order valence-corrected chi connectivity index (χ4v) is 5.17. The molecule has 1 heterocycles. The molecule has 1 aromatic heterocycles. The van der Waals surface area contributed by atoms with Crippen LogP contribution >= 0.6 is 11.8 Å². The minimum Gasteiger partial charge on any atom is -0.494 e. The molecule has 232 valence electrons. The Morgan fingerprint density at radius 3 is 2.05 bits per heavy atom. The van der Waals surface area contributed by atoms with Crippen molar-refractivity contribution in [2.24, 2.45) is 0 Å². The maximum atomic E-state index is 14.0. The SMILES string of the molecule is CCCCCCCOc1ccc(-c2ccc(CCC(F)CCCCCC)cn2)cc1.Cc1ccc(S(=O)(=O)[N-]Cl)cc1.[Na+]. The van der Waals surface area contributed by atoms with E-state index in [-0.39, 0.29) is 34.5 Å². The van der Waals surface area contributed by atoms with Crippen molar-refractivity contribution in [3.05, 3.63) is 82.2 Å². The standard InChI is InChI=1S/C27H40FNO.C7H7ClNO2S.Na/c1-3-5-7-9-11-21-30-26-18-15-24(16-19-26)27-20-14-23(22-29-27)13-17-25(28)12-10-8-6-4-2;1-6-2-4-7(5-3-6)12(10,11)9-8;/h14-16,18-20,22,25H,3-13,17,21H2,1-2H3;2-5H,1H3;/q;-1;+1. The van der Waals surface area contributed by atoms with Crippen LogP contribution in [0.3, 0.4) is 0 Å². The van der Waals surface area contributed by atoms with Crippen LogP contribution in [-0.4, -0.2) is 26.2 Å². The van der Waals surface area contributed by atoms with E-state index in [9.17, 15) is 12.8 Å². The molecule has 43 heavy (non-hydrogen) atoms. The maximum Gasteiger partial charge on any atom is 1.00 e. The van der Waals surface area contributed by atoms with E-state index in [2.05, 4.69) is 41.3 Å². The minimum atomic E-state index is -3.62. The summed E-state index contributed by atoms with van der Waals surface area (Å²) in [5.41, 5.74) is 4.12. The summed E-state index contributed by atoms with van der Waals surface area (Å²) in [5.74, 6) is 0.916. The second-order valence-electron chi connectivity index (χ2n) is 10.7. The Balaban J connectivity index is 0.000000596. The van der Waals surface area contributed by atoms with Gasteiger partial charge in [-0.3, -0.25) is 16.8 Å². The van der Waals surface area contributed by atoms with Crippen molar-refractivity contribution in [1.82, 2.24) is 4.98 Å². The molecule has 0 radical (unpaired) electrons. The summed E-state index contributed by atoms with van der Waals surface area (Å²) in [6.45, 7) is 7.07. The van der Waals surface area contributed by atoms with E-state index >= 15 is 0 Å². The average Bonchev–Trinajstić information content (AvgIpc) is 3.01. The Morgan fingerprint density at radius 2 is 1.47 bits per heavy atom. The minimum absolute atomic E-state index is 0. The molecule has 0 bridgehead atoms. The van der Waals surface area contributed by atoms with Gasteiger partial charge in [-0.05, 0) is 80.6 Å². The number of halogens is 2. The van der Waals surface area contributed by atoms with Crippen molar-refractivity contribution in [2.45, 2.75) is 109 Å². The van der Waals surface area contributed by atoms with Gasteiger partial charge in [0.15, 0.2) is 0 Å². The summed E-state index contributed by atoms with van der Waals surface area (Å²) >= 11 is 4.90. The molecule has 5 nitrogen and oxygen atoms in total. The van der Waals surface area contributed by atoms with Crippen LogP contribution in [0.2, 0.25) is 0 Å². The third kappa shape index (κ3) is 16.4. The van der Waals surface area contributed by atoms with Gasteiger partial charge < -0.3 is 8.98 Å². The number of nitrogens with zero attached hydrogens (tertiary/aromatic N) is 2. The Bertz CT molecular complexity index is 1230. The second kappa shape index (κ2) is 22.9. The van der Waals surface area contributed by atoms with E-state index in [0.717, 1.165) is 60.4 Å². The van der Waals surface area contributed by atoms with Gasteiger partial charge in [0.1, 0.15) is 21.9 Å². The molecule has 1 unspecified atom stereocenters. The zero-order valence-corrected chi connectivity index (χ0v) is 30.0. The van der Waals surface area contributed by atoms with Crippen LogP contribution < -0.4 is 34.3 Å². The molecule has 0 saturated heterocycles. The number of aromatic nitrogens is 1. The van der Waals surface area contributed by atoms with Crippen LogP contribution in [0.15, 0.2) is 71.8 Å². The summed E-state index contributed by atoms with van der Waals surface area (Å²) in [4.78, 5) is 4.70. The van der Waals surface area contributed by atoms with E-state index in [1.807, 2.05) is 31.3 Å². The van der Waals surface area contributed by atoms with Crippen LogP contribution in [0.25, 0.3) is 15.5 Å². The predicted octanol–water partition coefficient (Wildman–Crippen LogP) is 7.55. The summed E-state index contributed by atoms with van der Waals surface area (Å²) in [6, 6.07) is 18.6. The number of benzene rings is 2. The first kappa shape index (κ1) is 39.5. The molecular weight excluding hydrogens is 594 g/mol. The summed E-state index contributed by atoms with van der Waals surface area (Å²) in [5, 5.41) is 0. The van der Waals surface area contributed by atoms with Gasteiger partial charge in [-0.25, -0.2) is 12.8 Å². The fourth-order valence-electron chi connectivity index (χ4n) is 4.37. The third-order valence-electron chi connectivity index (χ3n) is 7.02. The second-order valence-corrected chi connectivity index (χ2v) is 12.7. The molecule has 1 atom stereocenters. The number of pyridine rings is 1. The van der Waals surface area contributed by atoms with Gasteiger partial charge >= 0.3 is 29.6 Å². The first-order valence-electron chi connectivity index (χ1n) is 15.3. The number of rotatable bonds is 18. The number of aryl methyl sites for hydroxylation is 2. The van der Waals surface area contributed by atoms with Gasteiger partial charge in [0.25, 0.3) is 0 Å². The van der Waals surface area contributed by atoms with E-state index in [4.69, 9.17) is 16.5 Å². The molecule has 0 spiro atoms. The van der Waals surface area contributed by atoms with E-state index < -0.39 is 16.2 Å². The van der Waals surface area contributed by atoms with Crippen molar-refractivity contribution >= 4 is 21.8 Å². The first-order valence-corrected chi connectivity index (χ1v) is 17.0. The maximum absolute atomic E-state index is 14.0. The quantitative estimate of drug-likeness (QED) is 0.106. The van der Waals surface area contributed by atoms with Crippen LogP contribution in [0.5, 0.6) is 5.75 Å². The fraction of sp³-hybridized carbons (Fsp3) is 0.500. The third-order valence-corrected chi connectivity index (χ3v) is 8.61. The molecular formula is C34H47ClFN2NaO3S. The number of hydrogen-bond donors (Lipinski definition) is 0. The van der Waals surface area contributed by atoms with E-state index in [1.54, 1.807) is 12.1 Å². The number of hydrogen-bond acceptors (Lipinski definition) is 4. The van der Waals surface area contributed by atoms with Crippen LogP contribution in [0.4, 0.5) is 4.39 Å². The van der Waals surface area contributed by atoms with Gasteiger partial charge in [0.05, 0.1) is 12.3 Å². The normalized spacial score (nSPS) is 11.7. The number of ether oxygens (including phenoxy) is 1. The van der Waals surface area contributed by atoms with Crippen LogP contribution in [-0.2, 0) is 16.4 Å². The molecule has 0 N–H and O–H groups in total. The van der Waals surface area contributed by atoms with Gasteiger partial charge in [-0.1, -0.05) is 89.0 Å². The Morgan fingerprint density at radius 1 is 0.837 bits per heavy atom. The number of unbranched alkanes of at least 4 members (excludes halogenated alkanes) is 7. The monoisotopic (exact) mass is 640 g/mol. The van der Waals surface area contributed by atoms with Crippen LogP contribution in [0, 0.1) is 6.92 Å². The van der Waals surface area contributed by atoms with E-state index in [1.165, 1.54) is 50.7 Å². The Labute approximate surface area is 286 Å². The summed E-state index contributed by atoms with van der Waals surface area (Å²) in [6.07, 6.45) is 14.0. The van der Waals surface area contributed by atoms with Gasteiger partial charge in [0.2, 0.25) is 0 Å². The van der Waals surface area contributed by atoms with Crippen molar-refractivity contribution in [1.29, 1.82) is 0 Å².